The number of halogens is 1. The number of hydrogen-bond acceptors (Lipinski definition) is 6. The second-order valence-electron chi connectivity index (χ2n) is 6.25. The number of anilines is 1. The van der Waals surface area contributed by atoms with Gasteiger partial charge in [-0.2, -0.15) is 0 Å². The summed E-state index contributed by atoms with van der Waals surface area (Å²) in [7, 11) is 0. The Hall–Kier alpha value is -4.24. The van der Waals surface area contributed by atoms with Crippen molar-refractivity contribution < 1.29 is 39.2 Å². The number of benzene rings is 3. The molecule has 0 radical (unpaired) electrons. The maximum Gasteiger partial charge on any atom is 0.341 e. The summed E-state index contributed by atoms with van der Waals surface area (Å²) in [5.41, 5.74) is 0.829. The topological polar surface area (TPSA) is 142 Å². The van der Waals surface area contributed by atoms with Crippen molar-refractivity contribution in [2.45, 2.75) is 0 Å². The van der Waals surface area contributed by atoms with E-state index in [1.54, 1.807) is 48.5 Å². The van der Waals surface area contributed by atoms with Gasteiger partial charge in [0.15, 0.2) is 13.2 Å². The summed E-state index contributed by atoms with van der Waals surface area (Å²) < 4.78 is 9.73. The molecule has 0 amide bonds. The molecule has 0 saturated carbocycles. The van der Waals surface area contributed by atoms with Crippen molar-refractivity contribution in [1.29, 1.82) is 0 Å². The molecule has 3 aromatic rings. The zero-order valence-electron chi connectivity index (χ0n) is 18.0. The van der Waals surface area contributed by atoms with Crippen molar-refractivity contribution >= 4 is 35.2 Å². The molecule has 180 valence electrons. The molecule has 0 fully saturated rings. The molecule has 10 heteroatoms. The number of rotatable bonds is 9. The van der Waals surface area contributed by atoms with Crippen molar-refractivity contribution in [2.75, 3.05) is 25.1 Å². The first-order valence-electron chi connectivity index (χ1n) is 9.76. The maximum absolute atomic E-state index is 10.1. The number of para-hydroxylation sites is 2. The van der Waals surface area contributed by atoms with E-state index in [9.17, 15) is 14.4 Å². The molecule has 0 atom stereocenters. The van der Waals surface area contributed by atoms with Crippen LogP contribution in [0.5, 0.6) is 11.5 Å². The van der Waals surface area contributed by atoms with Gasteiger partial charge >= 0.3 is 17.9 Å². The number of ether oxygens (including phenoxy) is 2. The van der Waals surface area contributed by atoms with E-state index in [1.807, 2.05) is 36.4 Å². The Balaban J connectivity index is 0.000000255. The fourth-order valence-electron chi connectivity index (χ4n) is 2.07. The maximum atomic E-state index is 10.1. The van der Waals surface area contributed by atoms with Gasteiger partial charge in [-0.15, -0.1) is 0 Å². The normalized spacial score (nSPS) is 9.21. The second kappa shape index (κ2) is 16.4. The molecule has 3 rings (SSSR count). The van der Waals surface area contributed by atoms with Crippen LogP contribution in [0.4, 0.5) is 5.69 Å². The third-order valence-corrected chi connectivity index (χ3v) is 3.75. The molecule has 9 nitrogen and oxygen atoms in total. The second-order valence-corrected chi connectivity index (χ2v) is 6.68. The van der Waals surface area contributed by atoms with Crippen LogP contribution in [0.2, 0.25) is 5.02 Å². The molecule has 0 heterocycles. The van der Waals surface area contributed by atoms with Crippen LogP contribution >= 0.6 is 11.6 Å². The molecule has 0 aliphatic heterocycles. The van der Waals surface area contributed by atoms with Gasteiger partial charge in [0.1, 0.15) is 18.0 Å². The number of nitrogens with one attached hydrogen (secondary N) is 1. The summed E-state index contributed by atoms with van der Waals surface area (Å²) in [4.78, 5) is 30.2. The molecule has 3 aromatic carbocycles. The third kappa shape index (κ3) is 14.7. The lowest BCUT2D eigenvalue weighted by atomic mass is 10.3. The van der Waals surface area contributed by atoms with Gasteiger partial charge in [0, 0.05) is 10.7 Å². The molecular formula is C24H24ClNO8. The molecule has 0 spiro atoms. The fourth-order valence-corrected chi connectivity index (χ4v) is 2.20. The predicted octanol–water partition coefficient (Wildman–Crippen LogP) is 4.14. The van der Waals surface area contributed by atoms with Crippen LogP contribution in [-0.4, -0.2) is 53.0 Å². The highest BCUT2D eigenvalue weighted by molar-refractivity contribution is 6.30. The highest BCUT2D eigenvalue weighted by Crippen LogP contribution is 2.15. The van der Waals surface area contributed by atoms with E-state index < -0.39 is 17.9 Å². The minimum atomic E-state index is -0.995. The fraction of sp³-hybridized carbons (Fsp3) is 0.125. The van der Waals surface area contributed by atoms with Crippen molar-refractivity contribution in [3.63, 3.8) is 0 Å². The first-order chi connectivity index (χ1) is 16.3. The van der Waals surface area contributed by atoms with Crippen molar-refractivity contribution in [3.05, 3.63) is 90.0 Å². The van der Waals surface area contributed by atoms with Crippen LogP contribution in [0.25, 0.3) is 0 Å². The molecule has 0 aliphatic rings. The third-order valence-electron chi connectivity index (χ3n) is 3.50. The zero-order valence-corrected chi connectivity index (χ0v) is 18.7. The number of carboxylic acids is 3. The van der Waals surface area contributed by atoms with Crippen LogP contribution in [0, 0.1) is 0 Å². The van der Waals surface area contributed by atoms with Crippen LogP contribution in [0.3, 0.4) is 0 Å². The van der Waals surface area contributed by atoms with Gasteiger partial charge in [-0.3, -0.25) is 4.79 Å². The summed E-state index contributed by atoms with van der Waals surface area (Å²) in [5.74, 6) is -1.73. The highest BCUT2D eigenvalue weighted by atomic mass is 35.5. The minimum absolute atomic E-state index is 0.0377. The van der Waals surface area contributed by atoms with Crippen molar-refractivity contribution in [3.8, 4) is 11.5 Å². The average Bonchev–Trinajstić information content (AvgIpc) is 2.83. The first-order valence-corrected chi connectivity index (χ1v) is 10.1. The monoisotopic (exact) mass is 489 g/mol. The Morgan fingerprint density at radius 1 is 0.647 bits per heavy atom. The quantitative estimate of drug-likeness (QED) is 0.348. The Labute approximate surface area is 201 Å². The zero-order chi connectivity index (χ0) is 25.2. The molecule has 0 unspecified atom stereocenters. The van der Waals surface area contributed by atoms with Gasteiger partial charge in [0.05, 0.1) is 0 Å². The lowest BCUT2D eigenvalue weighted by molar-refractivity contribution is -0.140. The highest BCUT2D eigenvalue weighted by Gasteiger charge is 1.98. The lowest BCUT2D eigenvalue weighted by Crippen LogP contribution is -2.11. The van der Waals surface area contributed by atoms with Crippen molar-refractivity contribution in [2.24, 2.45) is 0 Å². The Bertz CT molecular complexity index is 945. The van der Waals surface area contributed by atoms with E-state index in [4.69, 9.17) is 36.4 Å². The largest absolute Gasteiger partial charge is 0.482 e. The number of carbonyl (C=O) groups is 3. The number of carboxylic acid groups (broad SMARTS) is 3. The van der Waals surface area contributed by atoms with Gasteiger partial charge in [-0.25, -0.2) is 9.59 Å². The molecule has 0 aromatic heterocycles. The van der Waals surface area contributed by atoms with Gasteiger partial charge in [0.2, 0.25) is 0 Å². The first kappa shape index (κ1) is 27.8. The van der Waals surface area contributed by atoms with Crippen LogP contribution in [0.15, 0.2) is 84.9 Å². The molecule has 0 saturated heterocycles. The van der Waals surface area contributed by atoms with E-state index in [0.717, 1.165) is 5.69 Å². The van der Waals surface area contributed by atoms with E-state index >= 15 is 0 Å². The molecule has 4 N–H and O–H groups in total. The van der Waals surface area contributed by atoms with Crippen molar-refractivity contribution in [1.82, 2.24) is 0 Å². The predicted molar refractivity (Wildman–Crippen MR) is 127 cm³/mol. The molecular weight excluding hydrogens is 466 g/mol. The summed E-state index contributed by atoms with van der Waals surface area (Å²) in [5, 5.41) is 28.2. The smallest absolute Gasteiger partial charge is 0.341 e. The van der Waals surface area contributed by atoms with Gasteiger partial charge in [0.25, 0.3) is 0 Å². The standard InChI is InChI=1S/C8H7ClO3.C8H9NO2.C8H8O3/c9-6-1-3-7(4-2-6)12-5-8(10)11;10-8(11)6-9-7-4-2-1-3-5-7;9-8(10)6-11-7-4-2-1-3-5-7/h1-4H,5H2,(H,10,11);1-5,9H,6H2,(H,10,11);1-5H,6H2,(H,9,10). The Morgan fingerprint density at radius 2 is 1.09 bits per heavy atom. The SMILES string of the molecule is O=C(O)CNc1ccccc1.O=C(O)COc1ccc(Cl)cc1.O=C(O)COc1ccccc1. The van der Waals surface area contributed by atoms with E-state index in [-0.39, 0.29) is 19.8 Å². The lowest BCUT2D eigenvalue weighted by Gasteiger charge is -2.01. The summed E-state index contributed by atoms with van der Waals surface area (Å²) in [6.07, 6.45) is 0. The van der Waals surface area contributed by atoms with Crippen LogP contribution < -0.4 is 14.8 Å². The van der Waals surface area contributed by atoms with Crippen LogP contribution in [-0.2, 0) is 14.4 Å². The van der Waals surface area contributed by atoms with Gasteiger partial charge in [-0.05, 0) is 48.5 Å². The molecule has 34 heavy (non-hydrogen) atoms. The van der Waals surface area contributed by atoms with E-state index in [1.165, 1.54) is 0 Å². The average molecular weight is 490 g/mol. The number of hydrogen-bond donors (Lipinski definition) is 4. The Kier molecular flexibility index (Phi) is 13.4. The Morgan fingerprint density at radius 3 is 1.53 bits per heavy atom. The summed E-state index contributed by atoms with van der Waals surface area (Å²) in [6, 6.07) is 24.6. The minimum Gasteiger partial charge on any atom is -0.482 e. The summed E-state index contributed by atoms with van der Waals surface area (Å²) >= 11 is 5.60. The van der Waals surface area contributed by atoms with E-state index in [2.05, 4.69) is 5.32 Å². The molecule has 0 bridgehead atoms. The van der Waals surface area contributed by atoms with E-state index in [0.29, 0.717) is 16.5 Å². The van der Waals surface area contributed by atoms with Crippen LogP contribution in [0.1, 0.15) is 0 Å². The van der Waals surface area contributed by atoms with Gasteiger partial charge in [-0.1, -0.05) is 48.0 Å². The molecule has 0 aliphatic carbocycles. The van der Waals surface area contributed by atoms with Gasteiger partial charge < -0.3 is 30.1 Å². The summed E-state index contributed by atoms with van der Waals surface area (Å²) in [6.45, 7) is -0.657. The number of aliphatic carboxylic acids is 3.